The van der Waals surface area contributed by atoms with Gasteiger partial charge in [0.15, 0.2) is 0 Å². The lowest BCUT2D eigenvalue weighted by atomic mass is 9.91. The molecule has 5 rings (SSSR count). The van der Waals surface area contributed by atoms with Gasteiger partial charge in [0, 0.05) is 12.0 Å². The van der Waals surface area contributed by atoms with E-state index in [0.717, 1.165) is 18.4 Å². The summed E-state index contributed by atoms with van der Waals surface area (Å²) < 4.78 is 32.8. The maximum atomic E-state index is 14.7. The molecule has 10 nitrogen and oxygen atoms in total. The molecule has 3 N–H and O–H groups in total. The van der Waals surface area contributed by atoms with Crippen LogP contribution in [-0.4, -0.2) is 52.9 Å². The predicted octanol–water partition coefficient (Wildman–Crippen LogP) is 5.31. The molecular formula is C33H38BrN2O8P. The van der Waals surface area contributed by atoms with Gasteiger partial charge in [-0.25, -0.2) is 5.09 Å². The van der Waals surface area contributed by atoms with Gasteiger partial charge in [0.1, 0.15) is 17.9 Å². The van der Waals surface area contributed by atoms with Gasteiger partial charge in [-0.2, -0.15) is 0 Å². The molecule has 2 amide bonds. The minimum Gasteiger partial charge on any atom is -0.459 e. The van der Waals surface area contributed by atoms with Crippen LogP contribution in [0.3, 0.4) is 0 Å². The Hall–Kier alpha value is -3.08. The van der Waals surface area contributed by atoms with Crippen molar-refractivity contribution in [3.05, 3.63) is 88.9 Å². The lowest BCUT2D eigenvalue weighted by Gasteiger charge is -2.34. The average Bonchev–Trinajstić information content (AvgIpc) is 3.64. The highest BCUT2D eigenvalue weighted by Gasteiger charge is 2.51. The van der Waals surface area contributed by atoms with Crippen LogP contribution in [0.1, 0.15) is 50.5 Å². The largest absolute Gasteiger partial charge is 0.459 e. The summed E-state index contributed by atoms with van der Waals surface area (Å²) in [6.45, 7) is 0.0775. The smallest absolute Gasteiger partial charge is 0.327 e. The zero-order chi connectivity index (χ0) is 31.9. The molecule has 0 spiro atoms. The van der Waals surface area contributed by atoms with Crippen molar-refractivity contribution in [3.8, 4) is 5.75 Å². The molecule has 1 saturated heterocycles. The molecule has 1 aliphatic carbocycles. The van der Waals surface area contributed by atoms with Crippen LogP contribution >= 0.6 is 23.4 Å². The number of benzene rings is 2. The van der Waals surface area contributed by atoms with Gasteiger partial charge in [-0.15, -0.1) is 0 Å². The summed E-state index contributed by atoms with van der Waals surface area (Å²) in [5.74, 6) is -1.87. The molecule has 2 heterocycles. The summed E-state index contributed by atoms with van der Waals surface area (Å²) in [5.41, 5.74) is -0.0326. The SMILES string of the molecule is O=C1NC(=O)C([C@H]2CC(O)[C@@H](CP(=O)(NC3(C(=O)OCc4ccccc4)CCCC3)Oc3ccccc3)O2)CC/C=C1/C=C/Br. The van der Waals surface area contributed by atoms with E-state index in [4.69, 9.17) is 14.0 Å². The number of aliphatic hydroxyl groups is 1. The number of hydrogen-bond acceptors (Lipinski definition) is 8. The molecule has 240 valence electrons. The number of imide groups is 1. The second kappa shape index (κ2) is 15.0. The predicted molar refractivity (Wildman–Crippen MR) is 171 cm³/mol. The van der Waals surface area contributed by atoms with Crippen molar-refractivity contribution in [1.29, 1.82) is 0 Å². The van der Waals surface area contributed by atoms with Crippen LogP contribution < -0.4 is 14.9 Å². The fourth-order valence-electron chi connectivity index (χ4n) is 6.19. The number of ether oxygens (including phenoxy) is 2. The van der Waals surface area contributed by atoms with Gasteiger partial charge in [-0.3, -0.25) is 24.3 Å². The van der Waals surface area contributed by atoms with E-state index in [1.54, 1.807) is 47.5 Å². The molecule has 12 heteroatoms. The quantitative estimate of drug-likeness (QED) is 0.162. The van der Waals surface area contributed by atoms with Crippen molar-refractivity contribution >= 4 is 41.2 Å². The third-order valence-electron chi connectivity index (χ3n) is 8.48. The first-order valence-electron chi connectivity index (χ1n) is 15.2. The zero-order valence-corrected chi connectivity index (χ0v) is 27.3. The topological polar surface area (TPSA) is 140 Å². The molecule has 45 heavy (non-hydrogen) atoms. The molecule has 2 aliphatic heterocycles. The molecule has 5 atom stereocenters. The van der Waals surface area contributed by atoms with Crippen molar-refractivity contribution in [2.45, 2.75) is 75.4 Å². The molecule has 2 aromatic rings. The summed E-state index contributed by atoms with van der Waals surface area (Å²) in [7, 11) is -3.93. The summed E-state index contributed by atoms with van der Waals surface area (Å²) in [4.78, 5) is 40.7. The van der Waals surface area contributed by atoms with E-state index in [1.165, 1.54) is 0 Å². The van der Waals surface area contributed by atoms with Gasteiger partial charge < -0.3 is 19.1 Å². The molecule has 3 unspecified atom stereocenters. The normalized spacial score (nSPS) is 27.6. The van der Waals surface area contributed by atoms with E-state index in [2.05, 4.69) is 26.3 Å². The second-order valence-electron chi connectivity index (χ2n) is 11.7. The number of carbonyl (C=O) groups excluding carboxylic acids is 3. The first-order valence-corrected chi connectivity index (χ1v) is 17.9. The number of allylic oxidation sites excluding steroid dienone is 1. The third-order valence-corrected chi connectivity index (χ3v) is 10.9. The summed E-state index contributed by atoms with van der Waals surface area (Å²) >= 11 is 3.15. The number of nitrogens with one attached hydrogen (secondary N) is 2. The second-order valence-corrected chi connectivity index (χ2v) is 14.3. The number of carbonyl (C=O) groups is 3. The third kappa shape index (κ3) is 8.40. The maximum absolute atomic E-state index is 14.7. The van der Waals surface area contributed by atoms with Crippen molar-refractivity contribution in [1.82, 2.24) is 10.4 Å². The van der Waals surface area contributed by atoms with Crippen molar-refractivity contribution in [2.24, 2.45) is 5.92 Å². The Morgan fingerprint density at radius 3 is 2.49 bits per heavy atom. The van der Waals surface area contributed by atoms with Crippen LogP contribution in [0.15, 0.2) is 83.4 Å². The van der Waals surface area contributed by atoms with Crippen molar-refractivity contribution in [3.63, 3.8) is 0 Å². The Bertz CT molecular complexity index is 1460. The fourth-order valence-corrected chi connectivity index (χ4v) is 8.92. The first-order chi connectivity index (χ1) is 21.7. The van der Waals surface area contributed by atoms with Gasteiger partial charge in [0.05, 0.1) is 30.4 Å². The van der Waals surface area contributed by atoms with E-state index in [9.17, 15) is 24.1 Å². The van der Waals surface area contributed by atoms with Crippen LogP contribution in [0.4, 0.5) is 0 Å². The van der Waals surface area contributed by atoms with Crippen molar-refractivity contribution in [2.75, 3.05) is 6.16 Å². The van der Waals surface area contributed by atoms with Gasteiger partial charge in [-0.1, -0.05) is 83.4 Å². The van der Waals surface area contributed by atoms with E-state index in [1.807, 2.05) is 30.3 Å². The maximum Gasteiger partial charge on any atom is 0.327 e. The number of halogens is 1. The van der Waals surface area contributed by atoms with E-state index < -0.39 is 55.1 Å². The lowest BCUT2D eigenvalue weighted by molar-refractivity contribution is -0.152. The minimum absolute atomic E-state index is 0.0775. The van der Waals surface area contributed by atoms with E-state index in [0.29, 0.717) is 37.0 Å². The van der Waals surface area contributed by atoms with Gasteiger partial charge in [0.2, 0.25) is 5.91 Å². The molecule has 1 saturated carbocycles. The Balaban J connectivity index is 1.34. The number of esters is 1. The summed E-state index contributed by atoms with van der Waals surface area (Å²) in [5, 5.41) is 16.6. The monoisotopic (exact) mass is 700 g/mol. The highest BCUT2D eigenvalue weighted by Crippen LogP contribution is 2.51. The Morgan fingerprint density at radius 2 is 1.80 bits per heavy atom. The van der Waals surface area contributed by atoms with Crippen molar-refractivity contribution < 1.29 is 38.1 Å². The highest BCUT2D eigenvalue weighted by atomic mass is 79.9. The Kier molecular flexibility index (Phi) is 11.1. The highest BCUT2D eigenvalue weighted by molar-refractivity contribution is 9.11. The molecule has 0 radical (unpaired) electrons. The molecule has 0 aromatic heterocycles. The number of rotatable bonds is 11. The van der Waals surface area contributed by atoms with E-state index in [-0.39, 0.29) is 19.2 Å². The summed E-state index contributed by atoms with van der Waals surface area (Å²) in [6, 6.07) is 18.0. The van der Waals surface area contributed by atoms with E-state index >= 15 is 0 Å². The number of aliphatic hydroxyl groups excluding tert-OH is 1. The van der Waals surface area contributed by atoms with Gasteiger partial charge in [0.25, 0.3) is 5.91 Å². The van der Waals surface area contributed by atoms with Gasteiger partial charge in [-0.05, 0) is 54.4 Å². The standard InChI is InChI=1S/C33H38BrN2O8P/c34-19-16-24-12-9-15-26(31(39)35-30(24)38)28-20-27(37)29(43-28)22-45(41,44-25-13-5-2-6-14-25)36-33(17-7-8-18-33)32(40)42-21-23-10-3-1-4-11-23/h1-6,10-14,16,19,26-29,37H,7-9,15,17-18,20-22H2,(H,36,41)(H,35,38,39)/b19-16+,24-12-/t26?,27?,28-,29-,45?/m1/s1. The van der Waals surface area contributed by atoms with Gasteiger partial charge >= 0.3 is 13.5 Å². The lowest BCUT2D eigenvalue weighted by Crippen LogP contribution is -2.50. The van der Waals surface area contributed by atoms with Crippen LogP contribution in [0.25, 0.3) is 0 Å². The molecule has 0 bridgehead atoms. The minimum atomic E-state index is -3.93. The van der Waals surface area contributed by atoms with Crippen LogP contribution in [0.2, 0.25) is 0 Å². The first kappa shape index (κ1) is 33.3. The zero-order valence-electron chi connectivity index (χ0n) is 24.8. The molecule has 2 fully saturated rings. The van der Waals surface area contributed by atoms with Crippen LogP contribution in [-0.2, 0) is 35.0 Å². The fraction of sp³-hybridized carbons (Fsp3) is 0.424. The Labute approximate surface area is 271 Å². The van der Waals surface area contributed by atoms with Crippen LogP contribution in [0.5, 0.6) is 5.75 Å². The molecule has 2 aromatic carbocycles. The van der Waals surface area contributed by atoms with Crippen LogP contribution in [0, 0.1) is 5.92 Å². The number of amides is 2. The summed E-state index contributed by atoms with van der Waals surface area (Å²) in [6.07, 6.45) is 3.63. The number of hydrogen-bond donors (Lipinski definition) is 3. The number of para-hydroxylation sites is 1. The molecular weight excluding hydrogens is 663 g/mol. The average molecular weight is 702 g/mol. The Morgan fingerprint density at radius 1 is 1.11 bits per heavy atom. The molecule has 3 aliphatic rings.